The number of hydrogen-bond donors (Lipinski definition) is 2. The van der Waals surface area contributed by atoms with Crippen LogP contribution < -0.4 is 10.6 Å². The highest BCUT2D eigenvalue weighted by Gasteiger charge is 2.24. The number of likely N-dealkylation sites (tertiary alicyclic amines) is 1. The van der Waals surface area contributed by atoms with Crippen molar-refractivity contribution in [3.05, 3.63) is 0 Å². The molecule has 2 N–H and O–H groups in total. The van der Waals surface area contributed by atoms with Crippen molar-refractivity contribution in [3.63, 3.8) is 0 Å². The zero-order chi connectivity index (χ0) is 14.9. The van der Waals surface area contributed by atoms with E-state index in [1.807, 2.05) is 7.05 Å². The number of aliphatic imine (C=N–C) groups is 1. The standard InChI is InChI=1S/C16H32N4O.HI/c1-17-16(19-14-7-4-3-5-8-14)18-13-15-9-6-10-20(15)11-12-21-2;/h14-15H,3-13H2,1-2H3,(H2,17,18,19);1H. The summed E-state index contributed by atoms with van der Waals surface area (Å²) in [6.45, 7) is 4.05. The number of halogens is 1. The molecule has 0 aromatic heterocycles. The molecule has 22 heavy (non-hydrogen) atoms. The van der Waals surface area contributed by atoms with Crippen molar-refractivity contribution in [2.45, 2.75) is 57.0 Å². The van der Waals surface area contributed by atoms with E-state index >= 15 is 0 Å². The van der Waals surface area contributed by atoms with Crippen LogP contribution in [0.4, 0.5) is 0 Å². The summed E-state index contributed by atoms with van der Waals surface area (Å²) in [5.41, 5.74) is 0. The van der Waals surface area contributed by atoms with Gasteiger partial charge in [0.1, 0.15) is 0 Å². The van der Waals surface area contributed by atoms with Gasteiger partial charge in [-0.25, -0.2) is 0 Å². The van der Waals surface area contributed by atoms with E-state index in [1.165, 1.54) is 51.5 Å². The number of ether oxygens (including phenoxy) is 1. The lowest BCUT2D eigenvalue weighted by Gasteiger charge is -2.27. The van der Waals surface area contributed by atoms with E-state index in [4.69, 9.17) is 4.74 Å². The Kier molecular flexibility index (Phi) is 10.4. The summed E-state index contributed by atoms with van der Waals surface area (Å²) < 4.78 is 5.20. The van der Waals surface area contributed by atoms with Gasteiger partial charge in [0, 0.05) is 39.3 Å². The van der Waals surface area contributed by atoms with E-state index in [2.05, 4.69) is 20.5 Å². The fourth-order valence-electron chi connectivity index (χ4n) is 3.48. The Morgan fingerprint density at radius 2 is 1.95 bits per heavy atom. The van der Waals surface area contributed by atoms with Crippen LogP contribution >= 0.6 is 24.0 Å². The van der Waals surface area contributed by atoms with Crippen molar-refractivity contribution in [2.24, 2.45) is 4.99 Å². The molecule has 0 aromatic carbocycles. The third-order valence-electron chi connectivity index (χ3n) is 4.76. The smallest absolute Gasteiger partial charge is 0.191 e. The lowest BCUT2D eigenvalue weighted by atomic mass is 9.96. The van der Waals surface area contributed by atoms with Crippen molar-refractivity contribution < 1.29 is 4.74 Å². The second-order valence-electron chi connectivity index (χ2n) is 6.26. The number of rotatable bonds is 6. The molecular formula is C16H33IN4O. The molecule has 0 spiro atoms. The van der Waals surface area contributed by atoms with Gasteiger partial charge >= 0.3 is 0 Å². The van der Waals surface area contributed by atoms with E-state index in [9.17, 15) is 0 Å². The molecule has 6 heteroatoms. The monoisotopic (exact) mass is 424 g/mol. The van der Waals surface area contributed by atoms with Crippen LogP contribution in [-0.4, -0.2) is 63.3 Å². The Morgan fingerprint density at radius 1 is 1.18 bits per heavy atom. The first-order valence-electron chi connectivity index (χ1n) is 8.53. The maximum absolute atomic E-state index is 5.20. The summed E-state index contributed by atoms with van der Waals surface area (Å²) in [5, 5.41) is 7.10. The summed E-state index contributed by atoms with van der Waals surface area (Å²) in [5.74, 6) is 0.973. The molecule has 2 fully saturated rings. The number of methoxy groups -OCH3 is 1. The van der Waals surface area contributed by atoms with Crippen molar-refractivity contribution >= 4 is 29.9 Å². The van der Waals surface area contributed by atoms with Crippen LogP contribution in [0.1, 0.15) is 44.9 Å². The van der Waals surface area contributed by atoms with Crippen LogP contribution in [0, 0.1) is 0 Å². The summed E-state index contributed by atoms with van der Waals surface area (Å²) in [6.07, 6.45) is 9.22. The number of hydrogen-bond acceptors (Lipinski definition) is 3. The van der Waals surface area contributed by atoms with Crippen LogP contribution in [0.25, 0.3) is 0 Å². The molecular weight excluding hydrogens is 391 g/mol. The lowest BCUT2D eigenvalue weighted by Crippen LogP contribution is -2.48. The lowest BCUT2D eigenvalue weighted by molar-refractivity contribution is 0.141. The highest BCUT2D eigenvalue weighted by Crippen LogP contribution is 2.18. The van der Waals surface area contributed by atoms with Gasteiger partial charge in [-0.2, -0.15) is 0 Å². The average molecular weight is 424 g/mol. The van der Waals surface area contributed by atoms with E-state index < -0.39 is 0 Å². The quantitative estimate of drug-likeness (QED) is 0.390. The van der Waals surface area contributed by atoms with E-state index in [0.717, 1.165) is 25.7 Å². The Labute approximate surface area is 152 Å². The highest BCUT2D eigenvalue weighted by molar-refractivity contribution is 14.0. The van der Waals surface area contributed by atoms with Crippen LogP contribution in [0.5, 0.6) is 0 Å². The molecule has 0 radical (unpaired) electrons. The molecule has 1 heterocycles. The van der Waals surface area contributed by atoms with Crippen LogP contribution in [-0.2, 0) is 4.74 Å². The molecule has 1 aliphatic heterocycles. The molecule has 1 aliphatic carbocycles. The minimum absolute atomic E-state index is 0. The number of guanidine groups is 1. The maximum atomic E-state index is 5.20. The van der Waals surface area contributed by atoms with Gasteiger partial charge in [-0.15, -0.1) is 24.0 Å². The van der Waals surface area contributed by atoms with Crippen molar-refractivity contribution in [2.75, 3.05) is 40.4 Å². The van der Waals surface area contributed by atoms with Gasteiger partial charge in [0.15, 0.2) is 5.96 Å². The molecule has 2 rings (SSSR count). The van der Waals surface area contributed by atoms with Crippen LogP contribution in [0.2, 0.25) is 0 Å². The largest absolute Gasteiger partial charge is 0.383 e. The Balaban J connectivity index is 0.00000242. The molecule has 2 aliphatic rings. The Bertz CT molecular complexity index is 321. The zero-order valence-electron chi connectivity index (χ0n) is 14.1. The molecule has 1 unspecified atom stereocenters. The molecule has 0 bridgehead atoms. The minimum Gasteiger partial charge on any atom is -0.383 e. The molecule has 0 aromatic rings. The SMILES string of the molecule is CN=C(NCC1CCCN1CCOC)NC1CCCCC1.I. The molecule has 1 saturated carbocycles. The molecule has 1 saturated heterocycles. The van der Waals surface area contributed by atoms with Gasteiger partial charge in [-0.05, 0) is 32.2 Å². The van der Waals surface area contributed by atoms with Crippen molar-refractivity contribution in [1.29, 1.82) is 0 Å². The first-order chi connectivity index (χ1) is 10.3. The summed E-state index contributed by atoms with van der Waals surface area (Å²) in [6, 6.07) is 1.23. The Hall–Kier alpha value is -0.0800. The van der Waals surface area contributed by atoms with Gasteiger partial charge in [0.05, 0.1) is 6.61 Å². The van der Waals surface area contributed by atoms with Crippen LogP contribution in [0.15, 0.2) is 4.99 Å². The third-order valence-corrected chi connectivity index (χ3v) is 4.76. The van der Waals surface area contributed by atoms with Gasteiger partial charge in [-0.3, -0.25) is 9.89 Å². The summed E-state index contributed by atoms with van der Waals surface area (Å²) in [7, 11) is 3.65. The topological polar surface area (TPSA) is 48.9 Å². The molecule has 0 amide bonds. The third kappa shape index (κ3) is 6.58. The Morgan fingerprint density at radius 3 is 2.64 bits per heavy atom. The minimum atomic E-state index is 0. The van der Waals surface area contributed by atoms with Crippen molar-refractivity contribution in [3.8, 4) is 0 Å². The van der Waals surface area contributed by atoms with E-state index in [1.54, 1.807) is 7.11 Å². The van der Waals surface area contributed by atoms with Crippen molar-refractivity contribution in [1.82, 2.24) is 15.5 Å². The van der Waals surface area contributed by atoms with E-state index in [0.29, 0.717) is 12.1 Å². The second kappa shape index (κ2) is 11.5. The summed E-state index contributed by atoms with van der Waals surface area (Å²) in [4.78, 5) is 6.91. The average Bonchev–Trinajstić information content (AvgIpc) is 2.97. The van der Waals surface area contributed by atoms with Gasteiger partial charge in [-0.1, -0.05) is 19.3 Å². The van der Waals surface area contributed by atoms with Gasteiger partial charge in [0.25, 0.3) is 0 Å². The predicted molar refractivity (Wildman–Crippen MR) is 103 cm³/mol. The zero-order valence-corrected chi connectivity index (χ0v) is 16.5. The fraction of sp³-hybridized carbons (Fsp3) is 0.938. The number of nitrogens with one attached hydrogen (secondary N) is 2. The molecule has 1 atom stereocenters. The summed E-state index contributed by atoms with van der Waals surface area (Å²) >= 11 is 0. The van der Waals surface area contributed by atoms with Gasteiger partial charge in [0.2, 0.25) is 0 Å². The van der Waals surface area contributed by atoms with Gasteiger partial charge < -0.3 is 15.4 Å². The first-order valence-corrected chi connectivity index (χ1v) is 8.53. The second-order valence-corrected chi connectivity index (χ2v) is 6.26. The fourth-order valence-corrected chi connectivity index (χ4v) is 3.48. The first kappa shape index (κ1) is 20.0. The predicted octanol–water partition coefficient (Wildman–Crippen LogP) is 2.21. The normalized spacial score (nSPS) is 24.1. The molecule has 5 nitrogen and oxygen atoms in total. The van der Waals surface area contributed by atoms with E-state index in [-0.39, 0.29) is 24.0 Å². The number of nitrogens with zero attached hydrogens (tertiary/aromatic N) is 2. The van der Waals surface area contributed by atoms with Crippen LogP contribution in [0.3, 0.4) is 0 Å². The highest BCUT2D eigenvalue weighted by atomic mass is 127. The maximum Gasteiger partial charge on any atom is 0.191 e. The molecule has 130 valence electrons.